The lowest BCUT2D eigenvalue weighted by Crippen LogP contribution is -2.32. The molecule has 0 N–H and O–H groups in total. The van der Waals surface area contributed by atoms with Gasteiger partial charge in [-0.15, -0.1) is 0 Å². The number of likely N-dealkylation sites (tertiary alicyclic amines) is 1. The highest BCUT2D eigenvalue weighted by atomic mass is 15.2. The average Bonchev–Trinajstić information content (AvgIpc) is 2.37. The van der Waals surface area contributed by atoms with Crippen LogP contribution in [-0.2, 0) is 0 Å². The van der Waals surface area contributed by atoms with Gasteiger partial charge in [-0.1, -0.05) is 12.2 Å². The summed E-state index contributed by atoms with van der Waals surface area (Å²) < 4.78 is 0. The van der Waals surface area contributed by atoms with Crippen molar-refractivity contribution >= 4 is 0 Å². The fourth-order valence-corrected chi connectivity index (χ4v) is 1.97. The van der Waals surface area contributed by atoms with Crippen LogP contribution in [0.2, 0.25) is 0 Å². The molecule has 3 atom stereocenters. The van der Waals surface area contributed by atoms with E-state index < -0.39 is 0 Å². The van der Waals surface area contributed by atoms with Crippen LogP contribution in [0.25, 0.3) is 0 Å². The van der Waals surface area contributed by atoms with Gasteiger partial charge in [0.1, 0.15) is 0 Å². The minimum atomic E-state index is 0.769. The second kappa shape index (κ2) is 1.60. The normalized spacial score (nSPS) is 48.9. The summed E-state index contributed by atoms with van der Waals surface area (Å²) in [7, 11) is 2.22. The van der Waals surface area contributed by atoms with Crippen LogP contribution < -0.4 is 0 Å². The quantitative estimate of drug-likeness (QED) is 0.438. The smallest absolute Gasteiger partial charge is 0.0284 e. The lowest BCUT2D eigenvalue weighted by molar-refractivity contribution is 0.264. The second-order valence-corrected chi connectivity index (χ2v) is 3.26. The zero-order valence-electron chi connectivity index (χ0n) is 6.04. The molecule has 1 fully saturated rings. The van der Waals surface area contributed by atoms with Crippen LogP contribution in [0.15, 0.2) is 12.2 Å². The van der Waals surface area contributed by atoms with E-state index >= 15 is 0 Å². The molecule has 1 saturated heterocycles. The van der Waals surface area contributed by atoms with Crippen LogP contribution in [0, 0.1) is 5.92 Å². The second-order valence-electron chi connectivity index (χ2n) is 3.26. The summed E-state index contributed by atoms with van der Waals surface area (Å²) in [5, 5.41) is 0. The van der Waals surface area contributed by atoms with E-state index in [2.05, 4.69) is 31.0 Å². The summed E-state index contributed by atoms with van der Waals surface area (Å²) in [4.78, 5) is 2.46. The first-order valence-corrected chi connectivity index (χ1v) is 3.69. The molecule has 0 spiro atoms. The third-order valence-electron chi connectivity index (χ3n) is 2.88. The van der Waals surface area contributed by atoms with E-state index in [-0.39, 0.29) is 0 Å². The van der Waals surface area contributed by atoms with E-state index in [0.717, 1.165) is 18.0 Å². The summed E-state index contributed by atoms with van der Waals surface area (Å²) in [5.41, 5.74) is 0. The Kier molecular flexibility index (Phi) is 0.974. The van der Waals surface area contributed by atoms with E-state index in [0.29, 0.717) is 0 Å². The van der Waals surface area contributed by atoms with Crippen LogP contribution in [0.3, 0.4) is 0 Å². The van der Waals surface area contributed by atoms with Crippen molar-refractivity contribution in [2.75, 3.05) is 7.05 Å². The van der Waals surface area contributed by atoms with Gasteiger partial charge in [0, 0.05) is 12.1 Å². The van der Waals surface area contributed by atoms with E-state index in [4.69, 9.17) is 0 Å². The molecule has 50 valence electrons. The first kappa shape index (κ1) is 5.48. The van der Waals surface area contributed by atoms with Gasteiger partial charge in [0.2, 0.25) is 0 Å². The maximum absolute atomic E-state index is 2.46. The molecule has 2 rings (SSSR count). The zero-order valence-corrected chi connectivity index (χ0v) is 6.04. The molecule has 0 radical (unpaired) electrons. The number of hydrogen-bond donors (Lipinski definition) is 0. The third kappa shape index (κ3) is 0.584. The molecule has 1 heterocycles. The van der Waals surface area contributed by atoms with Crippen molar-refractivity contribution < 1.29 is 0 Å². The van der Waals surface area contributed by atoms with Crippen LogP contribution in [0.5, 0.6) is 0 Å². The fraction of sp³-hybridized carbons (Fsp3) is 0.750. The highest BCUT2D eigenvalue weighted by Crippen LogP contribution is 2.35. The lowest BCUT2D eigenvalue weighted by atomic mass is 10.1. The zero-order chi connectivity index (χ0) is 6.43. The SMILES string of the molecule is C[C@@H]1[C@H]2C=C[C@H](C2)N1C. The Morgan fingerprint density at radius 1 is 1.44 bits per heavy atom. The molecule has 0 saturated carbocycles. The predicted molar refractivity (Wildman–Crippen MR) is 38.3 cm³/mol. The average molecular weight is 123 g/mol. The Hall–Kier alpha value is -0.300. The standard InChI is InChI=1S/C8H13N/c1-6-7-3-4-8(5-7)9(6)2/h3-4,6-8H,5H2,1-2H3/t6-,7+,8-/m1/s1. The molecule has 1 heteroatoms. The molecule has 0 aromatic heterocycles. The number of nitrogens with zero attached hydrogens (tertiary/aromatic N) is 1. The maximum Gasteiger partial charge on any atom is 0.0284 e. The largest absolute Gasteiger partial charge is 0.297 e. The number of fused-ring (bicyclic) bond motifs is 2. The van der Waals surface area contributed by atoms with E-state index in [1.165, 1.54) is 6.42 Å². The van der Waals surface area contributed by atoms with Gasteiger partial charge in [-0.25, -0.2) is 0 Å². The summed E-state index contributed by atoms with van der Waals surface area (Å²) >= 11 is 0. The number of rotatable bonds is 0. The van der Waals surface area contributed by atoms with Crippen molar-refractivity contribution in [1.29, 1.82) is 0 Å². The minimum Gasteiger partial charge on any atom is -0.297 e. The van der Waals surface area contributed by atoms with E-state index in [1.54, 1.807) is 0 Å². The van der Waals surface area contributed by atoms with Crippen molar-refractivity contribution in [3.05, 3.63) is 12.2 Å². The van der Waals surface area contributed by atoms with Gasteiger partial charge in [-0.3, -0.25) is 4.90 Å². The predicted octanol–water partition coefficient (Wildman–Crippen LogP) is 1.27. The van der Waals surface area contributed by atoms with E-state index in [1.807, 2.05) is 0 Å². The van der Waals surface area contributed by atoms with Gasteiger partial charge in [-0.2, -0.15) is 0 Å². The summed E-state index contributed by atoms with van der Waals surface area (Å²) in [6.07, 6.45) is 6.08. The molecular formula is C8H13N. The first-order valence-electron chi connectivity index (χ1n) is 3.69. The molecule has 1 aliphatic heterocycles. The monoisotopic (exact) mass is 123 g/mol. The van der Waals surface area contributed by atoms with Crippen molar-refractivity contribution in [3.63, 3.8) is 0 Å². The molecule has 0 amide bonds. The first-order chi connectivity index (χ1) is 4.29. The van der Waals surface area contributed by atoms with Gasteiger partial charge >= 0.3 is 0 Å². The molecule has 1 nitrogen and oxygen atoms in total. The Balaban J connectivity index is 2.26. The molecular weight excluding hydrogens is 110 g/mol. The van der Waals surface area contributed by atoms with Gasteiger partial charge in [0.05, 0.1) is 0 Å². The summed E-state index contributed by atoms with van der Waals surface area (Å²) in [6, 6.07) is 1.56. The van der Waals surface area contributed by atoms with Crippen LogP contribution >= 0.6 is 0 Å². The Labute approximate surface area is 56.4 Å². The minimum absolute atomic E-state index is 0.769. The Morgan fingerprint density at radius 3 is 2.56 bits per heavy atom. The highest BCUT2D eigenvalue weighted by molar-refractivity contribution is 5.15. The van der Waals surface area contributed by atoms with Crippen molar-refractivity contribution in [1.82, 2.24) is 4.90 Å². The van der Waals surface area contributed by atoms with Gasteiger partial charge in [0.25, 0.3) is 0 Å². The highest BCUT2D eigenvalue weighted by Gasteiger charge is 2.36. The molecule has 2 bridgehead atoms. The number of hydrogen-bond acceptors (Lipinski definition) is 1. The third-order valence-corrected chi connectivity index (χ3v) is 2.88. The summed E-state index contributed by atoms with van der Waals surface area (Å²) in [6.45, 7) is 2.31. The molecule has 0 aromatic rings. The maximum atomic E-state index is 2.46. The Morgan fingerprint density at radius 2 is 2.22 bits per heavy atom. The van der Waals surface area contributed by atoms with Gasteiger partial charge < -0.3 is 0 Å². The topological polar surface area (TPSA) is 3.24 Å². The van der Waals surface area contributed by atoms with Gasteiger partial charge in [0.15, 0.2) is 0 Å². The molecule has 1 aliphatic carbocycles. The lowest BCUT2D eigenvalue weighted by Gasteiger charge is -2.24. The Bertz CT molecular complexity index is 135. The van der Waals surface area contributed by atoms with Crippen LogP contribution in [-0.4, -0.2) is 24.0 Å². The molecule has 2 aliphatic rings. The van der Waals surface area contributed by atoms with Gasteiger partial charge in [-0.05, 0) is 26.3 Å². The molecule has 0 unspecified atom stereocenters. The van der Waals surface area contributed by atoms with Crippen molar-refractivity contribution in [3.8, 4) is 0 Å². The molecule has 0 aromatic carbocycles. The van der Waals surface area contributed by atoms with Crippen LogP contribution in [0.1, 0.15) is 13.3 Å². The van der Waals surface area contributed by atoms with Crippen LogP contribution in [0.4, 0.5) is 0 Å². The fourth-order valence-electron chi connectivity index (χ4n) is 1.97. The van der Waals surface area contributed by atoms with Crippen molar-refractivity contribution in [2.24, 2.45) is 5.92 Å². The molecule has 9 heavy (non-hydrogen) atoms. The number of likely N-dealkylation sites (N-methyl/N-ethyl adjacent to an activating group) is 1. The van der Waals surface area contributed by atoms with Crippen molar-refractivity contribution in [2.45, 2.75) is 25.4 Å². The summed E-state index contributed by atoms with van der Waals surface area (Å²) in [5.74, 6) is 0.861. The van der Waals surface area contributed by atoms with E-state index in [9.17, 15) is 0 Å².